The Balaban J connectivity index is 1.99. The van der Waals surface area contributed by atoms with Crippen LogP contribution in [0.4, 0.5) is 0 Å². The minimum atomic E-state index is -3.92. The molecule has 3 rings (SSSR count). The van der Waals surface area contributed by atoms with Gasteiger partial charge in [0, 0.05) is 18.1 Å². The quantitative estimate of drug-likeness (QED) is 0.749. The fraction of sp³-hybridized carbons (Fsp3) is 0.350. The Hall–Kier alpha value is -1.93. The van der Waals surface area contributed by atoms with Gasteiger partial charge in [0.1, 0.15) is 6.04 Å². The van der Waals surface area contributed by atoms with Gasteiger partial charge < -0.3 is 10.4 Å². The summed E-state index contributed by atoms with van der Waals surface area (Å²) in [6.07, 6.45) is 2.05. The molecule has 1 saturated heterocycles. The molecule has 0 saturated carbocycles. The average molecular weight is 423 g/mol. The Morgan fingerprint density at radius 3 is 2.32 bits per heavy atom. The number of nitrogens with one attached hydrogen (secondary N) is 1. The van der Waals surface area contributed by atoms with Crippen LogP contribution in [0.5, 0.6) is 0 Å². The Labute approximate surface area is 170 Å². The summed E-state index contributed by atoms with van der Waals surface area (Å²) in [5.74, 6) is -0.276. The van der Waals surface area contributed by atoms with Gasteiger partial charge in [-0.2, -0.15) is 4.31 Å². The normalized spacial score (nSPS) is 18.0. The molecule has 28 heavy (non-hydrogen) atoms. The Morgan fingerprint density at radius 2 is 1.68 bits per heavy atom. The lowest BCUT2D eigenvalue weighted by Crippen LogP contribution is -2.48. The lowest BCUT2D eigenvalue weighted by atomic mass is 10.1. The number of rotatable bonds is 6. The van der Waals surface area contributed by atoms with Crippen molar-refractivity contribution in [3.63, 3.8) is 0 Å². The summed E-state index contributed by atoms with van der Waals surface area (Å²) in [7, 11) is -3.92. The van der Waals surface area contributed by atoms with Crippen LogP contribution in [0.1, 0.15) is 30.4 Å². The van der Waals surface area contributed by atoms with Crippen molar-refractivity contribution < 1.29 is 18.3 Å². The number of hydrogen-bond acceptors (Lipinski definition) is 4. The fourth-order valence-corrected chi connectivity index (χ4v) is 4.96. The predicted octanol–water partition coefficient (Wildman–Crippen LogP) is 2.69. The highest BCUT2D eigenvalue weighted by Crippen LogP contribution is 2.26. The van der Waals surface area contributed by atoms with Crippen molar-refractivity contribution in [3.8, 4) is 0 Å². The summed E-state index contributed by atoms with van der Waals surface area (Å²) in [6.45, 7) is 0.530. The second-order valence-corrected chi connectivity index (χ2v) is 9.11. The largest absolute Gasteiger partial charge is 0.392 e. The van der Waals surface area contributed by atoms with Gasteiger partial charge >= 0.3 is 0 Å². The third-order valence-electron chi connectivity index (χ3n) is 4.82. The Bertz CT molecular complexity index is 914. The minimum Gasteiger partial charge on any atom is -0.392 e. The molecule has 2 N–H and O–H groups in total. The smallest absolute Gasteiger partial charge is 0.244 e. The molecule has 0 aromatic heterocycles. The lowest BCUT2D eigenvalue weighted by Gasteiger charge is -2.29. The molecule has 0 radical (unpaired) electrons. The molecule has 0 spiro atoms. The molecular formula is C20H23ClN2O4S. The fourth-order valence-electron chi connectivity index (χ4n) is 3.23. The van der Waals surface area contributed by atoms with E-state index in [0.717, 1.165) is 24.0 Å². The molecule has 2 aromatic carbocycles. The van der Waals surface area contributed by atoms with Crippen molar-refractivity contribution >= 4 is 27.5 Å². The van der Waals surface area contributed by atoms with Gasteiger partial charge in [0.25, 0.3) is 0 Å². The van der Waals surface area contributed by atoms with E-state index in [9.17, 15) is 18.3 Å². The third kappa shape index (κ3) is 4.72. The van der Waals surface area contributed by atoms with E-state index in [2.05, 4.69) is 5.32 Å². The second-order valence-electron chi connectivity index (χ2n) is 6.78. The maximum absolute atomic E-state index is 13.4. The number of hydrogen-bond donors (Lipinski definition) is 2. The molecule has 1 unspecified atom stereocenters. The minimum absolute atomic E-state index is 0.0642. The summed E-state index contributed by atoms with van der Waals surface area (Å²) in [6, 6.07) is 12.2. The van der Waals surface area contributed by atoms with Gasteiger partial charge in [-0.15, -0.1) is 0 Å². The van der Waals surface area contributed by atoms with Gasteiger partial charge in [-0.25, -0.2) is 8.42 Å². The van der Waals surface area contributed by atoms with Gasteiger partial charge in [-0.3, -0.25) is 4.79 Å². The lowest BCUT2D eigenvalue weighted by molar-refractivity contribution is -0.124. The molecule has 6 nitrogen and oxygen atoms in total. The number of aliphatic hydroxyl groups is 1. The van der Waals surface area contributed by atoms with E-state index in [1.54, 1.807) is 24.3 Å². The van der Waals surface area contributed by atoms with Crippen LogP contribution in [-0.4, -0.2) is 36.3 Å². The highest BCUT2D eigenvalue weighted by molar-refractivity contribution is 7.89. The SMILES string of the molecule is O=C1NCCCCC1N(Cc1ccc(CO)cc1)S(=O)(=O)c1ccc(Cl)cc1. The topological polar surface area (TPSA) is 86.7 Å². The number of carbonyl (C=O) groups excluding carboxylic acids is 1. The summed E-state index contributed by atoms with van der Waals surface area (Å²) in [5, 5.41) is 12.5. The third-order valence-corrected chi connectivity index (χ3v) is 6.94. The zero-order valence-electron chi connectivity index (χ0n) is 15.3. The molecule has 1 fully saturated rings. The van der Waals surface area contributed by atoms with Gasteiger partial charge in [-0.1, -0.05) is 35.9 Å². The van der Waals surface area contributed by atoms with Crippen LogP contribution in [0.2, 0.25) is 5.02 Å². The zero-order chi connectivity index (χ0) is 20.1. The standard InChI is InChI=1S/C20H23ClN2O4S/c21-17-8-10-18(11-9-17)28(26,27)23(19-3-1-2-12-22-20(19)25)13-15-4-6-16(14-24)7-5-15/h4-11,19,24H,1-3,12-14H2,(H,22,25). The van der Waals surface area contributed by atoms with E-state index in [1.807, 2.05) is 0 Å². The number of halogens is 1. The molecule has 1 aliphatic rings. The predicted molar refractivity (Wildman–Crippen MR) is 107 cm³/mol. The zero-order valence-corrected chi connectivity index (χ0v) is 16.9. The molecule has 1 aliphatic heterocycles. The Morgan fingerprint density at radius 1 is 1.04 bits per heavy atom. The van der Waals surface area contributed by atoms with E-state index in [0.29, 0.717) is 18.0 Å². The van der Waals surface area contributed by atoms with E-state index in [4.69, 9.17) is 11.6 Å². The van der Waals surface area contributed by atoms with Crippen molar-refractivity contribution in [2.24, 2.45) is 0 Å². The molecule has 0 aliphatic carbocycles. The monoisotopic (exact) mass is 422 g/mol. The number of carbonyl (C=O) groups is 1. The van der Waals surface area contributed by atoms with Gasteiger partial charge in [-0.05, 0) is 54.7 Å². The molecule has 150 valence electrons. The van der Waals surface area contributed by atoms with Crippen LogP contribution < -0.4 is 5.32 Å². The number of amides is 1. The summed E-state index contributed by atoms with van der Waals surface area (Å²) in [5.41, 5.74) is 1.48. The van der Waals surface area contributed by atoms with Crippen LogP contribution in [0.25, 0.3) is 0 Å². The van der Waals surface area contributed by atoms with Crippen molar-refractivity contribution in [1.82, 2.24) is 9.62 Å². The van der Waals surface area contributed by atoms with Crippen LogP contribution in [0.15, 0.2) is 53.4 Å². The number of aliphatic hydroxyl groups excluding tert-OH is 1. The Kier molecular flexibility index (Phi) is 6.72. The van der Waals surface area contributed by atoms with Crippen molar-refractivity contribution in [1.29, 1.82) is 0 Å². The van der Waals surface area contributed by atoms with Crippen molar-refractivity contribution in [2.75, 3.05) is 6.54 Å². The van der Waals surface area contributed by atoms with Crippen LogP contribution in [-0.2, 0) is 28.0 Å². The van der Waals surface area contributed by atoms with Gasteiger partial charge in [0.05, 0.1) is 11.5 Å². The summed E-state index contributed by atoms with van der Waals surface area (Å²) in [4.78, 5) is 12.7. The molecule has 0 bridgehead atoms. The molecular weight excluding hydrogens is 400 g/mol. The maximum atomic E-state index is 13.4. The summed E-state index contributed by atoms with van der Waals surface area (Å²) >= 11 is 5.90. The maximum Gasteiger partial charge on any atom is 0.244 e. The van der Waals surface area contributed by atoms with Gasteiger partial charge in [0.15, 0.2) is 0 Å². The summed E-state index contributed by atoms with van der Waals surface area (Å²) < 4.78 is 28.1. The first-order valence-corrected chi connectivity index (χ1v) is 11.0. The molecule has 1 atom stereocenters. The second kappa shape index (κ2) is 9.05. The number of nitrogens with zero attached hydrogens (tertiary/aromatic N) is 1. The molecule has 8 heteroatoms. The van der Waals surface area contributed by atoms with Gasteiger partial charge in [0.2, 0.25) is 15.9 Å². The van der Waals surface area contributed by atoms with E-state index >= 15 is 0 Å². The first-order valence-electron chi connectivity index (χ1n) is 9.15. The van der Waals surface area contributed by atoms with Crippen molar-refractivity contribution in [2.45, 2.75) is 43.4 Å². The van der Waals surface area contributed by atoms with Crippen molar-refractivity contribution in [3.05, 3.63) is 64.7 Å². The van der Waals surface area contributed by atoms with Crippen LogP contribution >= 0.6 is 11.6 Å². The van der Waals surface area contributed by atoms with Crippen LogP contribution in [0.3, 0.4) is 0 Å². The number of sulfonamides is 1. The number of benzene rings is 2. The first-order chi connectivity index (χ1) is 13.4. The molecule has 1 amide bonds. The first kappa shape index (κ1) is 20.8. The van der Waals surface area contributed by atoms with E-state index < -0.39 is 16.1 Å². The average Bonchev–Trinajstić information content (AvgIpc) is 2.91. The molecule has 2 aromatic rings. The molecule has 1 heterocycles. The van der Waals surface area contributed by atoms with E-state index in [1.165, 1.54) is 28.6 Å². The highest BCUT2D eigenvalue weighted by Gasteiger charge is 2.36. The van der Waals surface area contributed by atoms with Crippen LogP contribution in [0, 0.1) is 0 Å². The van der Waals surface area contributed by atoms with E-state index in [-0.39, 0.29) is 24.0 Å². The highest BCUT2D eigenvalue weighted by atomic mass is 35.5.